The fourth-order valence-corrected chi connectivity index (χ4v) is 5.34. The fourth-order valence-electron chi connectivity index (χ4n) is 5.34. The smallest absolute Gasteiger partial charge is 0.229 e. The van der Waals surface area contributed by atoms with Crippen LogP contribution in [0.2, 0.25) is 0 Å². The van der Waals surface area contributed by atoms with Gasteiger partial charge in [-0.1, -0.05) is 30.3 Å². The second-order valence-corrected chi connectivity index (χ2v) is 8.43. The lowest BCUT2D eigenvalue weighted by molar-refractivity contribution is -0.121. The van der Waals surface area contributed by atoms with Gasteiger partial charge in [0.25, 0.3) is 0 Å². The third-order valence-corrected chi connectivity index (χ3v) is 6.92. The molecular formula is C23H25FN2O. The molecule has 1 amide bonds. The van der Waals surface area contributed by atoms with E-state index in [2.05, 4.69) is 34.5 Å². The number of nitrogens with zero attached hydrogens (tertiary/aromatic N) is 1. The minimum Gasteiger partial charge on any atom is -0.325 e. The molecule has 3 nitrogen and oxygen atoms in total. The molecule has 2 heterocycles. The lowest BCUT2D eigenvalue weighted by atomic mass is 9.73. The Kier molecular flexibility index (Phi) is 4.05. The predicted octanol–water partition coefficient (Wildman–Crippen LogP) is 3.92. The largest absolute Gasteiger partial charge is 0.325 e. The molecule has 0 bridgehead atoms. The maximum Gasteiger partial charge on any atom is 0.229 e. The molecule has 5 rings (SSSR count). The van der Waals surface area contributed by atoms with E-state index in [1.165, 1.54) is 43.4 Å². The van der Waals surface area contributed by atoms with Gasteiger partial charge in [0, 0.05) is 12.2 Å². The van der Waals surface area contributed by atoms with Gasteiger partial charge < -0.3 is 10.2 Å². The molecule has 3 aliphatic rings. The standard InChI is InChI=1S/C23H25FN2O/c24-19-6-5-17-13-18(22(27)25-21(17)14-19)15-26-11-9-23(10-12-26)8-7-16-3-1-2-4-20(16)23/h1-6,14,18H,7-13,15H2,(H,25,27). The van der Waals surface area contributed by atoms with Gasteiger partial charge in [-0.3, -0.25) is 4.79 Å². The van der Waals surface area contributed by atoms with Gasteiger partial charge in [-0.05, 0) is 79.4 Å². The Bertz CT molecular complexity index is 886. The number of amides is 1. The molecule has 27 heavy (non-hydrogen) atoms. The third kappa shape index (κ3) is 2.96. The Morgan fingerprint density at radius 2 is 1.89 bits per heavy atom. The van der Waals surface area contributed by atoms with Gasteiger partial charge in [-0.25, -0.2) is 4.39 Å². The minimum atomic E-state index is -0.300. The molecule has 1 spiro atoms. The van der Waals surface area contributed by atoms with Crippen molar-refractivity contribution < 1.29 is 9.18 Å². The monoisotopic (exact) mass is 364 g/mol. The van der Waals surface area contributed by atoms with Gasteiger partial charge in [0.15, 0.2) is 0 Å². The molecule has 1 aliphatic carbocycles. The van der Waals surface area contributed by atoms with Crippen molar-refractivity contribution in [3.8, 4) is 0 Å². The fraction of sp³-hybridized carbons (Fsp3) is 0.435. The summed E-state index contributed by atoms with van der Waals surface area (Å²) in [6, 6.07) is 13.6. The van der Waals surface area contributed by atoms with Crippen LogP contribution in [-0.2, 0) is 23.1 Å². The number of fused-ring (bicyclic) bond motifs is 3. The Morgan fingerprint density at radius 1 is 1.07 bits per heavy atom. The second-order valence-electron chi connectivity index (χ2n) is 8.43. The molecule has 2 aromatic rings. The maximum absolute atomic E-state index is 13.4. The number of hydrogen-bond acceptors (Lipinski definition) is 2. The summed E-state index contributed by atoms with van der Waals surface area (Å²) in [6.45, 7) is 2.89. The van der Waals surface area contributed by atoms with Crippen LogP contribution in [0, 0.1) is 11.7 Å². The lowest BCUT2D eigenvalue weighted by Gasteiger charge is -2.41. The minimum absolute atomic E-state index is 0.0274. The van der Waals surface area contributed by atoms with Crippen LogP contribution in [0.15, 0.2) is 42.5 Å². The van der Waals surface area contributed by atoms with Gasteiger partial charge in [0.1, 0.15) is 5.82 Å². The number of halogens is 1. The number of piperidine rings is 1. The van der Waals surface area contributed by atoms with Gasteiger partial charge >= 0.3 is 0 Å². The second kappa shape index (κ2) is 6.45. The summed E-state index contributed by atoms with van der Waals surface area (Å²) in [6.07, 6.45) is 5.53. The zero-order valence-corrected chi connectivity index (χ0v) is 15.5. The van der Waals surface area contributed by atoms with E-state index in [0.29, 0.717) is 17.5 Å². The third-order valence-electron chi connectivity index (χ3n) is 6.92. The van der Waals surface area contributed by atoms with Crippen LogP contribution >= 0.6 is 0 Å². The highest BCUT2D eigenvalue weighted by Gasteiger charge is 2.41. The van der Waals surface area contributed by atoms with Crippen LogP contribution in [0.4, 0.5) is 10.1 Å². The first kappa shape index (κ1) is 16.9. The lowest BCUT2D eigenvalue weighted by Crippen LogP contribution is -2.46. The number of carbonyl (C=O) groups excluding carboxylic acids is 1. The van der Waals surface area contributed by atoms with E-state index in [-0.39, 0.29) is 17.6 Å². The van der Waals surface area contributed by atoms with E-state index >= 15 is 0 Å². The van der Waals surface area contributed by atoms with Crippen molar-refractivity contribution in [2.45, 2.75) is 37.5 Å². The molecule has 1 saturated heterocycles. The van der Waals surface area contributed by atoms with Crippen LogP contribution in [0.25, 0.3) is 0 Å². The number of hydrogen-bond donors (Lipinski definition) is 1. The van der Waals surface area contributed by atoms with E-state index in [1.54, 1.807) is 11.6 Å². The van der Waals surface area contributed by atoms with Crippen LogP contribution in [0.1, 0.15) is 36.0 Å². The molecule has 0 saturated carbocycles. The number of carbonyl (C=O) groups is 1. The average Bonchev–Trinajstić information content (AvgIpc) is 3.03. The number of anilines is 1. The van der Waals surface area contributed by atoms with Gasteiger partial charge in [-0.2, -0.15) is 0 Å². The first-order chi connectivity index (χ1) is 13.1. The Labute approximate surface area is 159 Å². The summed E-state index contributed by atoms with van der Waals surface area (Å²) >= 11 is 0. The summed E-state index contributed by atoms with van der Waals surface area (Å²) in [5.41, 5.74) is 5.12. The molecule has 1 unspecified atom stereocenters. The molecule has 2 aliphatic heterocycles. The van der Waals surface area contributed by atoms with E-state index < -0.39 is 0 Å². The molecule has 0 aromatic heterocycles. The van der Waals surface area contributed by atoms with E-state index in [4.69, 9.17) is 0 Å². The van der Waals surface area contributed by atoms with Crippen LogP contribution in [-0.4, -0.2) is 30.4 Å². The Hall–Kier alpha value is -2.20. The van der Waals surface area contributed by atoms with E-state index in [0.717, 1.165) is 25.2 Å². The summed E-state index contributed by atoms with van der Waals surface area (Å²) in [5.74, 6) is -0.321. The van der Waals surface area contributed by atoms with Crippen molar-refractivity contribution in [1.82, 2.24) is 4.90 Å². The average molecular weight is 364 g/mol. The highest BCUT2D eigenvalue weighted by Crippen LogP contribution is 2.46. The normalized spacial score (nSPS) is 23.7. The number of likely N-dealkylation sites (tertiary alicyclic amines) is 1. The first-order valence-corrected chi connectivity index (χ1v) is 10.0. The van der Waals surface area contributed by atoms with Gasteiger partial charge in [0.2, 0.25) is 5.91 Å². The van der Waals surface area contributed by atoms with Gasteiger partial charge in [0.05, 0.1) is 5.92 Å². The summed E-state index contributed by atoms with van der Waals surface area (Å²) < 4.78 is 13.4. The molecular weight excluding hydrogens is 339 g/mol. The molecule has 0 radical (unpaired) electrons. The number of nitrogens with one attached hydrogen (secondary N) is 1. The van der Waals surface area contributed by atoms with Crippen LogP contribution in [0.3, 0.4) is 0 Å². The van der Waals surface area contributed by atoms with E-state index in [9.17, 15) is 9.18 Å². The molecule has 4 heteroatoms. The first-order valence-electron chi connectivity index (χ1n) is 10.0. The van der Waals surface area contributed by atoms with Crippen molar-refractivity contribution in [1.29, 1.82) is 0 Å². The molecule has 1 N–H and O–H groups in total. The Morgan fingerprint density at radius 3 is 2.74 bits per heavy atom. The van der Waals surface area contributed by atoms with E-state index in [1.807, 2.05) is 0 Å². The maximum atomic E-state index is 13.4. The summed E-state index contributed by atoms with van der Waals surface area (Å²) in [7, 11) is 0. The summed E-state index contributed by atoms with van der Waals surface area (Å²) in [5, 5.41) is 2.90. The Balaban J connectivity index is 1.25. The number of benzene rings is 2. The van der Waals surface area contributed by atoms with Crippen LogP contribution in [0.5, 0.6) is 0 Å². The van der Waals surface area contributed by atoms with Crippen molar-refractivity contribution in [2.24, 2.45) is 5.92 Å². The zero-order valence-electron chi connectivity index (χ0n) is 15.5. The highest BCUT2D eigenvalue weighted by atomic mass is 19.1. The summed E-state index contributed by atoms with van der Waals surface area (Å²) in [4.78, 5) is 14.9. The van der Waals surface area contributed by atoms with Gasteiger partial charge in [-0.15, -0.1) is 0 Å². The highest BCUT2D eigenvalue weighted by molar-refractivity contribution is 5.95. The number of rotatable bonds is 2. The SMILES string of the molecule is O=C1Nc2cc(F)ccc2CC1CN1CCC2(CCc3ccccc32)CC1. The predicted molar refractivity (Wildman–Crippen MR) is 104 cm³/mol. The van der Waals surface area contributed by atoms with Crippen molar-refractivity contribution in [3.05, 3.63) is 65.0 Å². The zero-order chi connectivity index (χ0) is 18.4. The number of aryl methyl sites for hydroxylation is 1. The van der Waals surface area contributed by atoms with Crippen molar-refractivity contribution >= 4 is 11.6 Å². The van der Waals surface area contributed by atoms with Crippen LogP contribution < -0.4 is 5.32 Å². The molecule has 1 fully saturated rings. The quantitative estimate of drug-likeness (QED) is 0.876. The van der Waals surface area contributed by atoms with Crippen molar-refractivity contribution in [2.75, 3.05) is 25.0 Å². The van der Waals surface area contributed by atoms with Crippen molar-refractivity contribution in [3.63, 3.8) is 0 Å². The molecule has 140 valence electrons. The molecule has 1 atom stereocenters. The molecule has 2 aromatic carbocycles. The topological polar surface area (TPSA) is 32.3 Å².